The van der Waals surface area contributed by atoms with E-state index in [-0.39, 0.29) is 6.04 Å². The molecule has 0 aliphatic carbocycles. The second kappa shape index (κ2) is 6.21. The molecule has 19 heavy (non-hydrogen) atoms. The Kier molecular flexibility index (Phi) is 4.61. The molecule has 0 fully saturated rings. The molecular formula is C14H20N4S. The molecule has 0 radical (unpaired) electrons. The second-order valence-corrected chi connectivity index (χ2v) is 5.91. The molecule has 4 nitrogen and oxygen atoms in total. The Balaban J connectivity index is 2.00. The quantitative estimate of drug-likeness (QED) is 0.852. The third-order valence-corrected chi connectivity index (χ3v) is 3.92. The maximum Gasteiger partial charge on any atom is 0.138 e. The average Bonchev–Trinajstić information content (AvgIpc) is 2.85. The lowest BCUT2D eigenvalue weighted by Crippen LogP contribution is -2.07. The molecule has 0 aliphatic heterocycles. The van der Waals surface area contributed by atoms with Crippen LogP contribution in [0.25, 0.3) is 0 Å². The lowest BCUT2D eigenvalue weighted by Gasteiger charge is -2.09. The van der Waals surface area contributed by atoms with Crippen LogP contribution >= 0.6 is 11.8 Å². The molecule has 1 unspecified atom stereocenters. The average molecular weight is 276 g/mol. The Labute approximate surface area is 118 Å². The summed E-state index contributed by atoms with van der Waals surface area (Å²) in [6, 6.07) is 8.82. The van der Waals surface area contributed by atoms with E-state index >= 15 is 0 Å². The highest BCUT2D eigenvalue weighted by Gasteiger charge is 2.08. The van der Waals surface area contributed by atoms with Crippen LogP contribution in [-0.4, -0.2) is 14.8 Å². The third-order valence-electron chi connectivity index (χ3n) is 2.91. The van der Waals surface area contributed by atoms with E-state index < -0.39 is 0 Å². The van der Waals surface area contributed by atoms with Crippen molar-refractivity contribution in [2.45, 2.75) is 43.5 Å². The molecule has 2 aromatic rings. The zero-order valence-corrected chi connectivity index (χ0v) is 12.4. The summed E-state index contributed by atoms with van der Waals surface area (Å²) in [5.41, 5.74) is 7.00. The number of nitrogens with two attached hydrogens (primary N) is 1. The summed E-state index contributed by atoms with van der Waals surface area (Å²) in [6.45, 7) is 6.22. The van der Waals surface area contributed by atoms with Gasteiger partial charge in [-0.3, -0.25) is 0 Å². The highest BCUT2D eigenvalue weighted by Crippen LogP contribution is 2.24. The molecule has 1 aromatic heterocycles. The summed E-state index contributed by atoms with van der Waals surface area (Å²) in [6.07, 6.45) is 1.62. The minimum Gasteiger partial charge on any atom is -0.324 e. The van der Waals surface area contributed by atoms with Crippen molar-refractivity contribution in [1.82, 2.24) is 14.8 Å². The maximum absolute atomic E-state index is 5.84. The standard InChI is InChI=1S/C14H20N4S/c1-10(2)18-14(16-9-17-18)8-19-13-6-4-12(5-7-13)11(3)15/h4-7,9-11H,8,15H2,1-3H3. The molecule has 1 atom stereocenters. The largest absolute Gasteiger partial charge is 0.324 e. The van der Waals surface area contributed by atoms with Gasteiger partial charge in [0.05, 0.1) is 5.75 Å². The molecule has 0 spiro atoms. The molecule has 0 amide bonds. The van der Waals surface area contributed by atoms with Crippen LogP contribution in [0, 0.1) is 0 Å². The van der Waals surface area contributed by atoms with Gasteiger partial charge in [-0.15, -0.1) is 11.8 Å². The van der Waals surface area contributed by atoms with E-state index in [1.807, 2.05) is 11.6 Å². The van der Waals surface area contributed by atoms with Gasteiger partial charge < -0.3 is 5.73 Å². The second-order valence-electron chi connectivity index (χ2n) is 4.86. The molecule has 102 valence electrons. The van der Waals surface area contributed by atoms with Gasteiger partial charge in [-0.1, -0.05) is 12.1 Å². The maximum atomic E-state index is 5.84. The summed E-state index contributed by atoms with van der Waals surface area (Å²) in [5.74, 6) is 1.84. The minimum absolute atomic E-state index is 0.0862. The fourth-order valence-corrected chi connectivity index (χ4v) is 2.66. The Hall–Kier alpha value is -1.33. The van der Waals surface area contributed by atoms with Crippen molar-refractivity contribution in [1.29, 1.82) is 0 Å². The van der Waals surface area contributed by atoms with Crippen LogP contribution in [0.5, 0.6) is 0 Å². The van der Waals surface area contributed by atoms with E-state index in [2.05, 4.69) is 48.2 Å². The van der Waals surface area contributed by atoms with Crippen molar-refractivity contribution in [2.24, 2.45) is 5.73 Å². The predicted molar refractivity (Wildman–Crippen MR) is 79.0 cm³/mol. The number of aromatic nitrogens is 3. The number of hydrogen-bond donors (Lipinski definition) is 1. The van der Waals surface area contributed by atoms with Gasteiger partial charge in [0, 0.05) is 17.0 Å². The number of thioether (sulfide) groups is 1. The van der Waals surface area contributed by atoms with E-state index in [4.69, 9.17) is 5.73 Å². The Morgan fingerprint density at radius 1 is 1.21 bits per heavy atom. The molecular weight excluding hydrogens is 256 g/mol. The van der Waals surface area contributed by atoms with Crippen LogP contribution in [-0.2, 0) is 5.75 Å². The molecule has 1 aromatic carbocycles. The molecule has 0 saturated heterocycles. The summed E-state index contributed by atoms with van der Waals surface area (Å²) >= 11 is 1.77. The summed E-state index contributed by atoms with van der Waals surface area (Å²) in [4.78, 5) is 5.53. The van der Waals surface area contributed by atoms with Gasteiger partial charge in [0.2, 0.25) is 0 Å². The van der Waals surface area contributed by atoms with E-state index in [0.717, 1.165) is 17.1 Å². The molecule has 0 saturated carbocycles. The van der Waals surface area contributed by atoms with E-state index in [1.54, 1.807) is 18.1 Å². The third kappa shape index (κ3) is 3.58. The van der Waals surface area contributed by atoms with Crippen LogP contribution < -0.4 is 5.73 Å². The first-order chi connectivity index (χ1) is 9.08. The minimum atomic E-state index is 0.0862. The smallest absolute Gasteiger partial charge is 0.138 e. The van der Waals surface area contributed by atoms with Crippen LogP contribution in [0.2, 0.25) is 0 Å². The first-order valence-corrected chi connectivity index (χ1v) is 7.43. The summed E-state index contributed by atoms with van der Waals surface area (Å²) < 4.78 is 1.96. The van der Waals surface area contributed by atoms with Gasteiger partial charge in [0.15, 0.2) is 0 Å². The Bertz CT molecular complexity index is 516. The highest BCUT2D eigenvalue weighted by molar-refractivity contribution is 7.98. The first kappa shape index (κ1) is 14.1. The van der Waals surface area contributed by atoms with Crippen LogP contribution in [0.4, 0.5) is 0 Å². The number of rotatable bonds is 5. The number of hydrogen-bond acceptors (Lipinski definition) is 4. The van der Waals surface area contributed by atoms with Crippen molar-refractivity contribution in [3.05, 3.63) is 42.0 Å². The topological polar surface area (TPSA) is 56.7 Å². The molecule has 2 N–H and O–H groups in total. The Morgan fingerprint density at radius 2 is 1.89 bits per heavy atom. The van der Waals surface area contributed by atoms with Crippen molar-refractivity contribution >= 4 is 11.8 Å². The van der Waals surface area contributed by atoms with Crippen LogP contribution in [0.15, 0.2) is 35.5 Å². The zero-order valence-electron chi connectivity index (χ0n) is 11.6. The zero-order chi connectivity index (χ0) is 13.8. The molecule has 2 rings (SSSR count). The lowest BCUT2D eigenvalue weighted by atomic mass is 10.1. The Morgan fingerprint density at radius 3 is 2.47 bits per heavy atom. The first-order valence-electron chi connectivity index (χ1n) is 6.44. The van der Waals surface area contributed by atoms with E-state index in [9.17, 15) is 0 Å². The normalized spacial score (nSPS) is 12.9. The van der Waals surface area contributed by atoms with Gasteiger partial charge in [-0.25, -0.2) is 9.67 Å². The lowest BCUT2D eigenvalue weighted by molar-refractivity contribution is 0.514. The van der Waals surface area contributed by atoms with Gasteiger partial charge in [0.25, 0.3) is 0 Å². The van der Waals surface area contributed by atoms with E-state index in [0.29, 0.717) is 6.04 Å². The van der Waals surface area contributed by atoms with Gasteiger partial charge in [-0.05, 0) is 38.5 Å². The van der Waals surface area contributed by atoms with Gasteiger partial charge in [0.1, 0.15) is 12.2 Å². The van der Waals surface area contributed by atoms with Gasteiger partial charge >= 0.3 is 0 Å². The van der Waals surface area contributed by atoms with Crippen LogP contribution in [0.1, 0.15) is 44.2 Å². The SMILES string of the molecule is CC(N)c1ccc(SCc2ncnn2C(C)C)cc1. The summed E-state index contributed by atoms with van der Waals surface area (Å²) in [7, 11) is 0. The van der Waals surface area contributed by atoms with Crippen molar-refractivity contribution in [2.75, 3.05) is 0 Å². The van der Waals surface area contributed by atoms with Gasteiger partial charge in [-0.2, -0.15) is 5.10 Å². The molecule has 1 heterocycles. The fourth-order valence-electron chi connectivity index (χ4n) is 1.82. The van der Waals surface area contributed by atoms with E-state index in [1.165, 1.54) is 4.90 Å². The van der Waals surface area contributed by atoms with Crippen molar-refractivity contribution in [3.63, 3.8) is 0 Å². The predicted octanol–water partition coefficient (Wildman–Crippen LogP) is 3.17. The van der Waals surface area contributed by atoms with Crippen LogP contribution in [0.3, 0.4) is 0 Å². The highest BCUT2D eigenvalue weighted by atomic mass is 32.2. The molecule has 0 bridgehead atoms. The number of benzene rings is 1. The molecule has 5 heteroatoms. The molecule has 0 aliphatic rings. The fraction of sp³-hybridized carbons (Fsp3) is 0.429. The van der Waals surface area contributed by atoms with Crippen molar-refractivity contribution in [3.8, 4) is 0 Å². The monoisotopic (exact) mass is 276 g/mol. The number of nitrogens with zero attached hydrogens (tertiary/aromatic N) is 3. The summed E-state index contributed by atoms with van der Waals surface area (Å²) in [5, 5.41) is 4.24. The van der Waals surface area contributed by atoms with Crippen molar-refractivity contribution < 1.29 is 0 Å².